The molecule has 0 fully saturated rings. The maximum atomic E-state index is 5.92. The molecule has 64 valence electrons. The molecule has 0 aliphatic rings. The van der Waals surface area contributed by atoms with Gasteiger partial charge in [-0.3, -0.25) is 4.90 Å². The fourth-order valence-corrected chi connectivity index (χ4v) is 1.000. The van der Waals surface area contributed by atoms with Crippen molar-refractivity contribution >= 4 is 23.2 Å². The summed E-state index contributed by atoms with van der Waals surface area (Å²) in [6.07, 6.45) is 0. The summed E-state index contributed by atoms with van der Waals surface area (Å²) < 4.78 is -0.774. The van der Waals surface area contributed by atoms with Gasteiger partial charge in [0, 0.05) is 26.0 Å². The largest absolute Gasteiger partial charge is 0.305 e. The van der Waals surface area contributed by atoms with Gasteiger partial charge in [0.15, 0.2) is 4.46 Å². The van der Waals surface area contributed by atoms with Crippen LogP contribution in [0.3, 0.4) is 0 Å². The zero-order valence-electron chi connectivity index (χ0n) is 7.56. The Kier molecular flexibility index (Phi) is 7.60. The molecule has 0 amide bonds. The van der Waals surface area contributed by atoms with Crippen LogP contribution in [-0.4, -0.2) is 49.0 Å². The Labute approximate surface area is 91.6 Å². The van der Waals surface area contributed by atoms with Gasteiger partial charge < -0.3 is 4.90 Å². The maximum absolute atomic E-state index is 5.92. The fraction of sp³-hybridized carbons (Fsp3) is 1.00. The van der Waals surface area contributed by atoms with E-state index < -0.39 is 4.46 Å². The first-order valence-corrected chi connectivity index (χ1v) is 3.82. The Morgan fingerprint density at radius 1 is 1.09 bits per heavy atom. The van der Waals surface area contributed by atoms with Crippen molar-refractivity contribution in [3.05, 3.63) is 0 Å². The van der Waals surface area contributed by atoms with E-state index in [0.29, 0.717) is 6.54 Å². The summed E-state index contributed by atoms with van der Waals surface area (Å²) in [5.74, 6) is 0. The van der Waals surface area contributed by atoms with Gasteiger partial charge in [0.25, 0.3) is 0 Å². The summed E-state index contributed by atoms with van der Waals surface area (Å²) in [4.78, 5) is 3.72. The SMILES string of the molecule is CN(C)CC(Cl)(Cl)N(C)C.[Zn]. The third-order valence-corrected chi connectivity index (χ3v) is 2.08. The quantitative estimate of drug-likeness (QED) is 0.422. The second kappa shape index (κ2) is 5.71. The molecule has 0 unspecified atom stereocenters. The van der Waals surface area contributed by atoms with E-state index in [9.17, 15) is 0 Å². The van der Waals surface area contributed by atoms with Gasteiger partial charge in [-0.15, -0.1) is 0 Å². The Morgan fingerprint density at radius 2 is 1.45 bits per heavy atom. The minimum atomic E-state index is -0.774. The van der Waals surface area contributed by atoms with E-state index in [1.165, 1.54) is 0 Å². The molecular formula is C6H14Cl2N2Zn. The Balaban J connectivity index is 0. The molecule has 0 saturated heterocycles. The fourth-order valence-electron chi connectivity index (χ4n) is 0.522. The third kappa shape index (κ3) is 6.30. The van der Waals surface area contributed by atoms with Crippen LogP contribution in [-0.2, 0) is 19.5 Å². The minimum absolute atomic E-state index is 0. The zero-order chi connectivity index (χ0) is 8.36. The average molecular weight is 250 g/mol. The number of halogens is 2. The molecule has 2 nitrogen and oxygen atoms in total. The topological polar surface area (TPSA) is 6.48 Å². The number of alkyl halides is 2. The van der Waals surface area contributed by atoms with Crippen molar-refractivity contribution in [3.8, 4) is 0 Å². The van der Waals surface area contributed by atoms with Crippen LogP contribution in [0.15, 0.2) is 0 Å². The molecule has 0 aliphatic carbocycles. The smallest absolute Gasteiger partial charge is 0.183 e. The molecule has 0 rings (SSSR count). The van der Waals surface area contributed by atoms with Gasteiger partial charge in [-0.2, -0.15) is 0 Å². The first-order valence-electron chi connectivity index (χ1n) is 3.06. The summed E-state index contributed by atoms with van der Waals surface area (Å²) in [6, 6.07) is 0. The molecule has 0 aromatic heterocycles. The van der Waals surface area contributed by atoms with Crippen molar-refractivity contribution in [3.63, 3.8) is 0 Å². The van der Waals surface area contributed by atoms with Crippen molar-refractivity contribution < 1.29 is 19.5 Å². The summed E-state index contributed by atoms with van der Waals surface area (Å²) >= 11 is 11.8. The molecule has 0 radical (unpaired) electrons. The molecule has 0 aromatic carbocycles. The molecular weight excluding hydrogens is 236 g/mol. The predicted molar refractivity (Wildman–Crippen MR) is 46.7 cm³/mol. The van der Waals surface area contributed by atoms with Crippen LogP contribution < -0.4 is 0 Å². The average Bonchev–Trinajstić information content (AvgIpc) is 1.60. The van der Waals surface area contributed by atoms with Crippen LogP contribution in [0.4, 0.5) is 0 Å². The predicted octanol–water partition coefficient (Wildman–Crippen LogP) is 1.24. The van der Waals surface area contributed by atoms with Crippen LogP contribution in [0.2, 0.25) is 0 Å². The van der Waals surface area contributed by atoms with E-state index in [1.54, 1.807) is 4.90 Å². The number of hydrogen-bond acceptors (Lipinski definition) is 2. The van der Waals surface area contributed by atoms with Crippen molar-refractivity contribution in [2.24, 2.45) is 0 Å². The van der Waals surface area contributed by atoms with Crippen LogP contribution in [0, 0.1) is 0 Å². The van der Waals surface area contributed by atoms with E-state index in [-0.39, 0.29) is 19.5 Å². The maximum Gasteiger partial charge on any atom is 0.183 e. The summed E-state index contributed by atoms with van der Waals surface area (Å²) in [5.41, 5.74) is 0. The molecule has 0 aliphatic heterocycles. The van der Waals surface area contributed by atoms with E-state index in [1.807, 2.05) is 33.1 Å². The van der Waals surface area contributed by atoms with Crippen LogP contribution in [0.5, 0.6) is 0 Å². The van der Waals surface area contributed by atoms with Crippen molar-refractivity contribution in [1.82, 2.24) is 9.80 Å². The van der Waals surface area contributed by atoms with Crippen LogP contribution in [0.1, 0.15) is 0 Å². The van der Waals surface area contributed by atoms with Crippen LogP contribution >= 0.6 is 23.2 Å². The number of nitrogens with zero attached hydrogens (tertiary/aromatic N) is 2. The van der Waals surface area contributed by atoms with E-state index >= 15 is 0 Å². The van der Waals surface area contributed by atoms with E-state index in [0.717, 1.165) is 0 Å². The van der Waals surface area contributed by atoms with Gasteiger partial charge in [-0.05, 0) is 28.2 Å². The monoisotopic (exact) mass is 248 g/mol. The minimum Gasteiger partial charge on any atom is -0.305 e. The number of hydrogen-bond donors (Lipinski definition) is 0. The summed E-state index contributed by atoms with van der Waals surface area (Å²) in [5, 5.41) is 0. The second-order valence-electron chi connectivity index (χ2n) is 2.80. The van der Waals surface area contributed by atoms with Crippen molar-refractivity contribution in [1.29, 1.82) is 0 Å². The molecule has 0 heterocycles. The van der Waals surface area contributed by atoms with Gasteiger partial charge in [0.2, 0.25) is 0 Å². The molecule has 11 heavy (non-hydrogen) atoms. The third-order valence-electron chi connectivity index (χ3n) is 1.16. The second-order valence-corrected chi connectivity index (χ2v) is 4.24. The molecule has 0 atom stereocenters. The van der Waals surface area contributed by atoms with E-state index in [2.05, 4.69) is 0 Å². The first kappa shape index (κ1) is 14.6. The standard InChI is InChI=1S/C6H14Cl2N2.Zn/c1-9(2)5-6(7,8)10(3)4;/h5H2,1-4H3;. The Bertz CT molecular complexity index is 107. The van der Waals surface area contributed by atoms with Gasteiger partial charge >= 0.3 is 0 Å². The van der Waals surface area contributed by atoms with Crippen molar-refractivity contribution in [2.75, 3.05) is 34.7 Å². The normalized spacial score (nSPS) is 12.0. The van der Waals surface area contributed by atoms with E-state index in [4.69, 9.17) is 23.2 Å². The molecule has 0 aromatic rings. The summed E-state index contributed by atoms with van der Waals surface area (Å²) in [7, 11) is 7.57. The van der Waals surface area contributed by atoms with Gasteiger partial charge in [0.05, 0.1) is 0 Å². The molecule has 0 saturated carbocycles. The van der Waals surface area contributed by atoms with Crippen LogP contribution in [0.25, 0.3) is 0 Å². The molecule has 0 N–H and O–H groups in total. The first-order chi connectivity index (χ1) is 4.36. The summed E-state index contributed by atoms with van der Waals surface area (Å²) in [6.45, 7) is 0.628. The van der Waals surface area contributed by atoms with Crippen molar-refractivity contribution in [2.45, 2.75) is 4.46 Å². The number of rotatable bonds is 3. The Morgan fingerprint density at radius 3 is 1.55 bits per heavy atom. The van der Waals surface area contributed by atoms with Gasteiger partial charge in [0.1, 0.15) is 0 Å². The van der Waals surface area contributed by atoms with Gasteiger partial charge in [-0.25, -0.2) is 0 Å². The zero-order valence-corrected chi connectivity index (χ0v) is 12.0. The molecule has 0 bridgehead atoms. The Hall–Kier alpha value is 1.12. The molecule has 0 spiro atoms. The molecule has 5 heteroatoms. The van der Waals surface area contributed by atoms with Gasteiger partial charge in [-0.1, -0.05) is 23.2 Å². The number of likely N-dealkylation sites (N-methyl/N-ethyl adjacent to an activating group) is 2.